The van der Waals surface area contributed by atoms with Crippen LogP contribution < -0.4 is 0 Å². The molecule has 0 saturated heterocycles. The van der Waals surface area contributed by atoms with E-state index in [1.54, 1.807) is 6.92 Å². The summed E-state index contributed by atoms with van der Waals surface area (Å²) in [6, 6.07) is 1.83. The summed E-state index contributed by atoms with van der Waals surface area (Å²) in [5.74, 6) is -2.09. The molecule has 0 atom stereocenters. The van der Waals surface area contributed by atoms with Crippen LogP contribution in [-0.4, -0.2) is 17.5 Å². The number of carbonyl (C=O) groups excluding carboxylic acids is 1. The highest BCUT2D eigenvalue weighted by molar-refractivity contribution is 6.17. The monoisotopic (exact) mass is 261 g/mol. The molecule has 0 N–H and O–H groups in total. The van der Waals surface area contributed by atoms with Crippen molar-refractivity contribution in [3.05, 3.63) is 39.2 Å². The van der Waals surface area contributed by atoms with Crippen LogP contribution >= 0.6 is 11.6 Å². The second kappa shape index (κ2) is 5.58. The van der Waals surface area contributed by atoms with Gasteiger partial charge in [0.25, 0.3) is 5.69 Å². The smallest absolute Gasteiger partial charge is 0.341 e. The number of esters is 1. The summed E-state index contributed by atoms with van der Waals surface area (Å²) in [5.41, 5.74) is -0.981. The van der Waals surface area contributed by atoms with E-state index in [1.165, 1.54) is 0 Å². The van der Waals surface area contributed by atoms with Gasteiger partial charge in [-0.1, -0.05) is 0 Å². The Morgan fingerprint density at radius 1 is 1.59 bits per heavy atom. The minimum atomic E-state index is -0.944. The molecule has 5 nitrogen and oxygen atoms in total. The molecule has 0 amide bonds. The lowest BCUT2D eigenvalue weighted by atomic mass is 10.1. The van der Waals surface area contributed by atoms with Crippen LogP contribution in [0.5, 0.6) is 0 Å². The van der Waals surface area contributed by atoms with E-state index in [0.717, 1.165) is 12.1 Å². The molecule has 0 aliphatic rings. The summed E-state index contributed by atoms with van der Waals surface area (Å²) in [4.78, 5) is 21.3. The Bertz CT molecular complexity index is 464. The summed E-state index contributed by atoms with van der Waals surface area (Å²) >= 11 is 5.45. The van der Waals surface area contributed by atoms with Gasteiger partial charge in [0.15, 0.2) is 0 Å². The molecule has 0 fully saturated rings. The molecule has 92 valence electrons. The normalized spacial score (nSPS) is 10.1. The third-order valence-electron chi connectivity index (χ3n) is 1.98. The zero-order valence-electron chi connectivity index (χ0n) is 8.91. The molecule has 0 aliphatic carbocycles. The van der Waals surface area contributed by atoms with Gasteiger partial charge in [0.1, 0.15) is 11.4 Å². The van der Waals surface area contributed by atoms with Gasteiger partial charge in [-0.05, 0) is 6.92 Å². The molecule has 0 saturated carbocycles. The van der Waals surface area contributed by atoms with E-state index < -0.39 is 28.0 Å². The van der Waals surface area contributed by atoms with Crippen LogP contribution in [0.1, 0.15) is 22.8 Å². The first kappa shape index (κ1) is 13.4. The molecule has 0 radical (unpaired) electrons. The van der Waals surface area contributed by atoms with E-state index in [4.69, 9.17) is 11.6 Å². The van der Waals surface area contributed by atoms with Crippen LogP contribution in [0.2, 0.25) is 0 Å². The maximum Gasteiger partial charge on any atom is 0.341 e. The quantitative estimate of drug-likeness (QED) is 0.362. The van der Waals surface area contributed by atoms with Crippen molar-refractivity contribution in [3.8, 4) is 0 Å². The number of carbonyl (C=O) groups is 1. The highest BCUT2D eigenvalue weighted by Gasteiger charge is 2.21. The van der Waals surface area contributed by atoms with Crippen LogP contribution in [0, 0.1) is 15.9 Å². The first-order valence-corrected chi connectivity index (χ1v) is 5.24. The Balaban J connectivity index is 3.32. The maximum atomic E-state index is 13.7. The molecular weight excluding hydrogens is 253 g/mol. The number of hydrogen-bond acceptors (Lipinski definition) is 4. The van der Waals surface area contributed by atoms with Crippen LogP contribution in [0.3, 0.4) is 0 Å². The highest BCUT2D eigenvalue weighted by Crippen LogP contribution is 2.23. The summed E-state index contributed by atoms with van der Waals surface area (Å²) in [5, 5.41) is 10.6. The summed E-state index contributed by atoms with van der Waals surface area (Å²) in [7, 11) is 0. The number of hydrogen-bond donors (Lipinski definition) is 0. The SMILES string of the molecule is CCOC(=O)c1cc([N+](=O)[O-])cc(CCl)c1F. The third kappa shape index (κ3) is 2.91. The van der Waals surface area contributed by atoms with Crippen molar-refractivity contribution in [3.63, 3.8) is 0 Å². The summed E-state index contributed by atoms with van der Waals surface area (Å²) in [6.45, 7) is 1.60. The van der Waals surface area contributed by atoms with E-state index in [9.17, 15) is 19.3 Å². The number of non-ortho nitro benzene ring substituents is 1. The molecule has 1 aromatic carbocycles. The number of alkyl halides is 1. The van der Waals surface area contributed by atoms with Crippen LogP contribution in [-0.2, 0) is 10.6 Å². The topological polar surface area (TPSA) is 69.4 Å². The van der Waals surface area contributed by atoms with Crippen molar-refractivity contribution >= 4 is 23.3 Å². The van der Waals surface area contributed by atoms with E-state index >= 15 is 0 Å². The van der Waals surface area contributed by atoms with Crippen LogP contribution in [0.15, 0.2) is 12.1 Å². The average molecular weight is 262 g/mol. The second-order valence-corrected chi connectivity index (χ2v) is 3.34. The fourth-order valence-electron chi connectivity index (χ4n) is 1.23. The fourth-order valence-corrected chi connectivity index (χ4v) is 1.42. The van der Waals surface area contributed by atoms with E-state index in [1.807, 2.05) is 0 Å². The van der Waals surface area contributed by atoms with Gasteiger partial charge in [-0.25, -0.2) is 9.18 Å². The van der Waals surface area contributed by atoms with Crippen LogP contribution in [0.4, 0.5) is 10.1 Å². The molecule has 0 spiro atoms. The first-order chi connectivity index (χ1) is 8.01. The van der Waals surface area contributed by atoms with Gasteiger partial charge in [-0.3, -0.25) is 10.1 Å². The van der Waals surface area contributed by atoms with Gasteiger partial charge in [0.2, 0.25) is 0 Å². The van der Waals surface area contributed by atoms with Gasteiger partial charge in [-0.2, -0.15) is 0 Å². The van der Waals surface area contributed by atoms with Crippen molar-refractivity contribution < 1.29 is 18.8 Å². The third-order valence-corrected chi connectivity index (χ3v) is 2.27. The molecule has 0 heterocycles. The molecule has 0 bridgehead atoms. The number of halogens is 2. The van der Waals surface area contributed by atoms with Crippen LogP contribution in [0.25, 0.3) is 0 Å². The number of nitro benzene ring substituents is 1. The van der Waals surface area contributed by atoms with Gasteiger partial charge < -0.3 is 4.74 Å². The van der Waals surface area contributed by atoms with E-state index in [0.29, 0.717) is 0 Å². The lowest BCUT2D eigenvalue weighted by Crippen LogP contribution is -2.09. The minimum Gasteiger partial charge on any atom is -0.462 e. The van der Waals surface area contributed by atoms with E-state index in [-0.39, 0.29) is 18.1 Å². The summed E-state index contributed by atoms with van der Waals surface area (Å²) in [6.07, 6.45) is 0. The summed E-state index contributed by atoms with van der Waals surface area (Å²) < 4.78 is 18.3. The zero-order chi connectivity index (χ0) is 13.0. The predicted molar refractivity (Wildman–Crippen MR) is 58.6 cm³/mol. The molecule has 0 aliphatic heterocycles. The molecule has 0 unspecified atom stereocenters. The average Bonchev–Trinajstić information content (AvgIpc) is 2.29. The predicted octanol–water partition coefficient (Wildman–Crippen LogP) is 2.65. The molecular formula is C10H9ClFNO4. The molecule has 0 aromatic heterocycles. The van der Waals surface area contributed by atoms with E-state index in [2.05, 4.69) is 4.74 Å². The number of ether oxygens (including phenoxy) is 1. The highest BCUT2D eigenvalue weighted by atomic mass is 35.5. The fraction of sp³-hybridized carbons (Fsp3) is 0.300. The van der Waals surface area contributed by atoms with Gasteiger partial charge in [0.05, 0.1) is 17.4 Å². The number of rotatable bonds is 4. The van der Waals surface area contributed by atoms with Gasteiger partial charge in [-0.15, -0.1) is 11.6 Å². The Morgan fingerprint density at radius 3 is 2.71 bits per heavy atom. The first-order valence-electron chi connectivity index (χ1n) is 4.71. The number of benzene rings is 1. The molecule has 17 heavy (non-hydrogen) atoms. The van der Waals surface area contributed by atoms with Crippen molar-refractivity contribution in [1.29, 1.82) is 0 Å². The standard InChI is InChI=1S/C10H9ClFNO4/c1-2-17-10(14)8-4-7(13(15)16)3-6(5-11)9(8)12/h3-4H,2,5H2,1H3. The molecule has 1 rings (SSSR count). The van der Waals surface area contributed by atoms with Crippen molar-refractivity contribution in [1.82, 2.24) is 0 Å². The Morgan fingerprint density at radius 2 is 2.24 bits per heavy atom. The van der Waals surface area contributed by atoms with Gasteiger partial charge in [0, 0.05) is 17.7 Å². The zero-order valence-corrected chi connectivity index (χ0v) is 9.66. The lowest BCUT2D eigenvalue weighted by molar-refractivity contribution is -0.385. The number of nitro groups is 1. The minimum absolute atomic E-state index is 0.0528. The lowest BCUT2D eigenvalue weighted by Gasteiger charge is -2.06. The van der Waals surface area contributed by atoms with Gasteiger partial charge >= 0.3 is 5.97 Å². The van der Waals surface area contributed by atoms with Crippen molar-refractivity contribution in [2.45, 2.75) is 12.8 Å². The second-order valence-electron chi connectivity index (χ2n) is 3.08. The molecule has 7 heteroatoms. The Hall–Kier alpha value is -1.69. The van der Waals surface area contributed by atoms with Crippen molar-refractivity contribution in [2.75, 3.05) is 6.61 Å². The Labute approximate surface area is 101 Å². The number of nitrogens with zero attached hydrogens (tertiary/aromatic N) is 1. The van der Waals surface area contributed by atoms with Crippen molar-refractivity contribution in [2.24, 2.45) is 0 Å². The largest absolute Gasteiger partial charge is 0.462 e. The molecule has 1 aromatic rings. The maximum absolute atomic E-state index is 13.7. The Kier molecular flexibility index (Phi) is 4.39.